The molecule has 0 aliphatic carbocycles. The third-order valence-electron chi connectivity index (χ3n) is 3.82. The Bertz CT molecular complexity index is 732. The second-order valence-corrected chi connectivity index (χ2v) is 5.60. The number of aromatic nitrogens is 4. The van der Waals surface area contributed by atoms with Gasteiger partial charge in [0.2, 0.25) is 11.7 Å². The monoisotopic (exact) mass is 349 g/mol. The number of nitrogens with zero attached hydrogens (tertiary/aromatic N) is 4. The molecule has 2 atom stereocenters. The van der Waals surface area contributed by atoms with E-state index in [-0.39, 0.29) is 24.1 Å². The molecule has 0 radical (unpaired) electrons. The van der Waals surface area contributed by atoms with Crippen LogP contribution in [0.3, 0.4) is 0 Å². The van der Waals surface area contributed by atoms with E-state index in [4.69, 9.17) is 4.74 Å². The largest absolute Gasteiger partial charge is 0.467 e. The molecule has 2 rings (SSSR count). The van der Waals surface area contributed by atoms with Crippen molar-refractivity contribution < 1.29 is 18.7 Å². The normalized spacial score (nSPS) is 13.1. The quantitative estimate of drug-likeness (QED) is 0.754. The van der Waals surface area contributed by atoms with Gasteiger partial charge in [-0.3, -0.25) is 4.79 Å². The number of ether oxygens (including phenoxy) is 1. The molecule has 0 aliphatic rings. The summed E-state index contributed by atoms with van der Waals surface area (Å²) in [5.41, 5.74) is 0.583. The molecule has 0 fully saturated rings. The summed E-state index contributed by atoms with van der Waals surface area (Å²) >= 11 is 0. The predicted molar refractivity (Wildman–Crippen MR) is 86.6 cm³/mol. The molecule has 1 heterocycles. The van der Waals surface area contributed by atoms with Crippen molar-refractivity contribution in [2.75, 3.05) is 7.11 Å². The number of methoxy groups -OCH3 is 1. The van der Waals surface area contributed by atoms with E-state index in [1.807, 2.05) is 13.8 Å². The zero-order valence-corrected chi connectivity index (χ0v) is 14.3. The van der Waals surface area contributed by atoms with Gasteiger partial charge in [-0.2, -0.15) is 4.80 Å². The first-order chi connectivity index (χ1) is 11.9. The van der Waals surface area contributed by atoms with Gasteiger partial charge in [0.05, 0.1) is 7.11 Å². The van der Waals surface area contributed by atoms with E-state index in [2.05, 4.69) is 20.7 Å². The molecule has 2 aromatic rings. The lowest BCUT2D eigenvalue weighted by molar-refractivity contribution is -0.146. The maximum absolute atomic E-state index is 12.9. The third kappa shape index (κ3) is 4.82. The standard InChI is InChI=1S/C16H20FN5O3/c1-4-10(2)14(16(24)25-3)18-13(23)9-22-20-15(19-21-22)11-5-7-12(17)8-6-11/h5-8,10,14H,4,9H2,1-3H3,(H,18,23)/t10-,14-/m0/s1. The molecule has 1 aromatic carbocycles. The Morgan fingerprint density at radius 1 is 1.32 bits per heavy atom. The summed E-state index contributed by atoms with van der Waals surface area (Å²) in [4.78, 5) is 25.1. The van der Waals surface area contributed by atoms with Crippen molar-refractivity contribution in [3.8, 4) is 11.4 Å². The fraction of sp³-hybridized carbons (Fsp3) is 0.438. The summed E-state index contributed by atoms with van der Waals surface area (Å²) in [7, 11) is 1.28. The summed E-state index contributed by atoms with van der Waals surface area (Å²) in [5.74, 6) is -1.09. The first-order valence-corrected chi connectivity index (χ1v) is 7.85. The second-order valence-electron chi connectivity index (χ2n) is 5.60. The molecule has 134 valence electrons. The zero-order chi connectivity index (χ0) is 18.4. The highest BCUT2D eigenvalue weighted by Gasteiger charge is 2.26. The Hall–Kier alpha value is -2.84. The van der Waals surface area contributed by atoms with Crippen LogP contribution in [0.2, 0.25) is 0 Å². The van der Waals surface area contributed by atoms with Crippen molar-refractivity contribution in [3.05, 3.63) is 30.1 Å². The second kappa shape index (κ2) is 8.32. The van der Waals surface area contributed by atoms with Crippen molar-refractivity contribution in [1.82, 2.24) is 25.5 Å². The van der Waals surface area contributed by atoms with E-state index in [9.17, 15) is 14.0 Å². The third-order valence-corrected chi connectivity index (χ3v) is 3.82. The minimum atomic E-state index is -0.734. The molecule has 0 spiro atoms. The van der Waals surface area contributed by atoms with Gasteiger partial charge < -0.3 is 10.1 Å². The molecule has 8 nitrogen and oxygen atoms in total. The molecule has 0 saturated carbocycles. The van der Waals surface area contributed by atoms with Crippen LogP contribution in [0.5, 0.6) is 0 Å². The summed E-state index contributed by atoms with van der Waals surface area (Å²) < 4.78 is 17.7. The van der Waals surface area contributed by atoms with Gasteiger partial charge in [-0.05, 0) is 35.4 Å². The molecule has 1 N–H and O–H groups in total. The fourth-order valence-corrected chi connectivity index (χ4v) is 2.17. The lowest BCUT2D eigenvalue weighted by atomic mass is 9.99. The topological polar surface area (TPSA) is 99.0 Å². The van der Waals surface area contributed by atoms with E-state index in [1.54, 1.807) is 0 Å². The Balaban J connectivity index is 2.03. The first kappa shape index (κ1) is 18.5. The summed E-state index contributed by atoms with van der Waals surface area (Å²) in [6.07, 6.45) is 0.705. The number of tetrazole rings is 1. The lowest BCUT2D eigenvalue weighted by Crippen LogP contribution is -2.46. The van der Waals surface area contributed by atoms with E-state index in [0.29, 0.717) is 12.0 Å². The van der Waals surface area contributed by atoms with Crippen molar-refractivity contribution in [1.29, 1.82) is 0 Å². The molecule has 0 unspecified atom stereocenters. The maximum Gasteiger partial charge on any atom is 0.328 e. The highest BCUT2D eigenvalue weighted by Crippen LogP contribution is 2.13. The number of nitrogens with one attached hydrogen (secondary N) is 1. The fourth-order valence-electron chi connectivity index (χ4n) is 2.17. The maximum atomic E-state index is 12.9. The van der Waals surface area contributed by atoms with Crippen LogP contribution < -0.4 is 5.32 Å². The Morgan fingerprint density at radius 3 is 2.60 bits per heavy atom. The van der Waals surface area contributed by atoms with Crippen LogP contribution in [0.25, 0.3) is 11.4 Å². The van der Waals surface area contributed by atoms with Crippen LogP contribution in [0.1, 0.15) is 20.3 Å². The van der Waals surface area contributed by atoms with Crippen LogP contribution in [-0.4, -0.2) is 45.2 Å². The average Bonchev–Trinajstić information content (AvgIpc) is 3.07. The number of esters is 1. The van der Waals surface area contributed by atoms with Crippen molar-refractivity contribution >= 4 is 11.9 Å². The molecule has 0 aliphatic heterocycles. The van der Waals surface area contributed by atoms with Crippen LogP contribution in [0.4, 0.5) is 4.39 Å². The number of halogens is 1. The van der Waals surface area contributed by atoms with E-state index in [1.165, 1.54) is 31.4 Å². The van der Waals surface area contributed by atoms with Crippen LogP contribution in [0, 0.1) is 11.7 Å². The smallest absolute Gasteiger partial charge is 0.328 e. The molecule has 1 amide bonds. The van der Waals surface area contributed by atoms with Gasteiger partial charge in [0.1, 0.15) is 18.4 Å². The average molecular weight is 349 g/mol. The minimum Gasteiger partial charge on any atom is -0.467 e. The highest BCUT2D eigenvalue weighted by atomic mass is 19.1. The van der Waals surface area contributed by atoms with Crippen LogP contribution in [0.15, 0.2) is 24.3 Å². The Labute approximate surface area is 144 Å². The lowest BCUT2D eigenvalue weighted by Gasteiger charge is -2.21. The number of rotatable bonds is 7. The predicted octanol–water partition coefficient (Wildman–Crippen LogP) is 1.18. The summed E-state index contributed by atoms with van der Waals surface area (Å²) in [6.45, 7) is 3.57. The molecule has 0 saturated heterocycles. The van der Waals surface area contributed by atoms with E-state index >= 15 is 0 Å². The van der Waals surface area contributed by atoms with Gasteiger partial charge in [-0.15, -0.1) is 10.2 Å². The molecular formula is C16H20FN5O3. The van der Waals surface area contributed by atoms with Gasteiger partial charge in [0, 0.05) is 5.56 Å². The van der Waals surface area contributed by atoms with E-state index in [0.717, 1.165) is 4.80 Å². The number of carbonyl (C=O) groups excluding carboxylic acids is 2. The number of hydrogen-bond donors (Lipinski definition) is 1. The highest BCUT2D eigenvalue weighted by molar-refractivity contribution is 5.84. The number of amides is 1. The van der Waals surface area contributed by atoms with Gasteiger partial charge >= 0.3 is 5.97 Å². The van der Waals surface area contributed by atoms with Gasteiger partial charge in [-0.1, -0.05) is 20.3 Å². The number of carbonyl (C=O) groups is 2. The van der Waals surface area contributed by atoms with E-state index < -0.39 is 17.9 Å². The molecule has 1 aromatic heterocycles. The number of hydrogen-bond acceptors (Lipinski definition) is 6. The molecule has 0 bridgehead atoms. The van der Waals surface area contributed by atoms with Crippen molar-refractivity contribution in [2.24, 2.45) is 5.92 Å². The van der Waals surface area contributed by atoms with Crippen LogP contribution >= 0.6 is 0 Å². The van der Waals surface area contributed by atoms with Gasteiger partial charge in [-0.25, -0.2) is 9.18 Å². The minimum absolute atomic E-state index is 0.0742. The summed E-state index contributed by atoms with van der Waals surface area (Å²) in [6, 6.07) is 4.88. The molecule has 9 heteroatoms. The zero-order valence-electron chi connectivity index (χ0n) is 14.3. The first-order valence-electron chi connectivity index (χ1n) is 7.85. The SMILES string of the molecule is CC[C@H](C)[C@H](NC(=O)Cn1nnc(-c2ccc(F)cc2)n1)C(=O)OC. The van der Waals surface area contributed by atoms with Crippen molar-refractivity contribution in [3.63, 3.8) is 0 Å². The van der Waals surface area contributed by atoms with Gasteiger partial charge in [0.15, 0.2) is 0 Å². The summed E-state index contributed by atoms with van der Waals surface area (Å²) in [5, 5.41) is 14.3. The number of benzene rings is 1. The van der Waals surface area contributed by atoms with Gasteiger partial charge in [0.25, 0.3) is 0 Å². The molecule has 25 heavy (non-hydrogen) atoms. The van der Waals surface area contributed by atoms with Crippen LogP contribution in [-0.2, 0) is 20.9 Å². The Morgan fingerprint density at radius 2 is 2.00 bits per heavy atom. The Kier molecular flexibility index (Phi) is 6.15. The van der Waals surface area contributed by atoms with Crippen molar-refractivity contribution in [2.45, 2.75) is 32.9 Å². The molecular weight excluding hydrogens is 329 g/mol.